The molecule has 0 spiro atoms. The highest BCUT2D eigenvalue weighted by Crippen LogP contribution is 2.26. The summed E-state index contributed by atoms with van der Waals surface area (Å²) in [6.45, 7) is 0.883. The Balaban J connectivity index is 3.14. The van der Waals surface area contributed by atoms with Crippen LogP contribution in [0.1, 0.15) is 5.69 Å². The second-order valence-corrected chi connectivity index (χ2v) is 6.34. The van der Waals surface area contributed by atoms with Gasteiger partial charge in [-0.3, -0.25) is 9.48 Å². The van der Waals surface area contributed by atoms with Crippen molar-refractivity contribution in [1.29, 1.82) is 0 Å². The molecule has 0 amide bonds. The fourth-order valence-corrected chi connectivity index (χ4v) is 4.02. The average Bonchev–Trinajstić information content (AvgIpc) is 2.59. The predicted octanol–water partition coefficient (Wildman–Crippen LogP) is -0.0629. The van der Waals surface area contributed by atoms with Gasteiger partial charge in [0.05, 0.1) is 31.1 Å². The van der Waals surface area contributed by atoms with Crippen LogP contribution in [0.15, 0.2) is 4.90 Å². The van der Waals surface area contributed by atoms with E-state index in [0.29, 0.717) is 0 Å². The number of ether oxygens (including phenoxy) is 1. The van der Waals surface area contributed by atoms with E-state index >= 15 is 0 Å². The smallest absolute Gasteiger partial charge is 0.312 e. The van der Waals surface area contributed by atoms with Gasteiger partial charge >= 0.3 is 5.97 Å². The second-order valence-electron chi connectivity index (χ2n) is 4.01. The summed E-state index contributed by atoms with van der Waals surface area (Å²) in [6.07, 6.45) is 0. The molecule has 0 saturated heterocycles. The molecular weight excluding hydrogens is 296 g/mol. The molecule has 1 heterocycles. The van der Waals surface area contributed by atoms with Crippen LogP contribution in [-0.4, -0.2) is 48.7 Å². The number of rotatable bonds is 5. The van der Waals surface area contributed by atoms with Crippen LogP contribution in [0.2, 0.25) is 5.15 Å². The largest absolute Gasteiger partial charge is 0.469 e. The van der Waals surface area contributed by atoms with E-state index in [1.165, 1.54) is 18.7 Å². The lowest BCUT2D eigenvalue weighted by atomic mass is 10.2. The van der Waals surface area contributed by atoms with Crippen LogP contribution in [-0.2, 0) is 26.4 Å². The Bertz CT molecular complexity index is 581. The monoisotopic (exact) mass is 310 g/mol. The molecule has 1 rings (SSSR count). The van der Waals surface area contributed by atoms with Crippen LogP contribution in [0.3, 0.4) is 0 Å². The quantitative estimate of drug-likeness (QED) is 0.765. The number of aromatic nitrogens is 2. The molecule has 19 heavy (non-hydrogen) atoms. The maximum atomic E-state index is 12.2. The molecule has 0 saturated carbocycles. The second kappa shape index (κ2) is 5.89. The molecular formula is C10H15ClN2O5S. The molecule has 9 heteroatoms. The minimum absolute atomic E-state index is 0.0287. The van der Waals surface area contributed by atoms with Gasteiger partial charge in [-0.1, -0.05) is 11.6 Å². The summed E-state index contributed by atoms with van der Waals surface area (Å²) in [6, 6.07) is 0. The Labute approximate surface area is 116 Å². The Morgan fingerprint density at radius 1 is 1.58 bits per heavy atom. The third-order valence-electron chi connectivity index (χ3n) is 2.59. The van der Waals surface area contributed by atoms with Crippen molar-refractivity contribution in [3.05, 3.63) is 10.8 Å². The summed E-state index contributed by atoms with van der Waals surface area (Å²) >= 11 is 5.88. The topological polar surface area (TPSA) is 98.5 Å². The van der Waals surface area contributed by atoms with E-state index in [0.717, 1.165) is 7.11 Å². The Hall–Kier alpha value is -1.12. The SMILES string of the molecule is COC(=O)C(CO)CS(=O)(=O)c1c(C)nn(C)c1Cl. The first-order chi connectivity index (χ1) is 8.74. The minimum Gasteiger partial charge on any atom is -0.469 e. The summed E-state index contributed by atoms with van der Waals surface area (Å²) in [5.74, 6) is -2.52. The summed E-state index contributed by atoms with van der Waals surface area (Å²) in [5.41, 5.74) is 0.244. The number of hydrogen-bond acceptors (Lipinski definition) is 6. The number of esters is 1. The van der Waals surface area contributed by atoms with Gasteiger partial charge in [0.15, 0.2) is 9.84 Å². The molecule has 1 unspecified atom stereocenters. The molecule has 0 aliphatic heterocycles. The van der Waals surface area contributed by atoms with Crippen LogP contribution < -0.4 is 0 Å². The number of aliphatic hydroxyl groups is 1. The molecule has 1 N–H and O–H groups in total. The van der Waals surface area contributed by atoms with E-state index in [9.17, 15) is 13.2 Å². The van der Waals surface area contributed by atoms with E-state index in [-0.39, 0.29) is 15.7 Å². The molecule has 0 aromatic carbocycles. The Morgan fingerprint density at radius 2 is 2.16 bits per heavy atom. The average molecular weight is 311 g/mol. The Kier molecular flexibility index (Phi) is 4.94. The van der Waals surface area contributed by atoms with Gasteiger partial charge in [-0.15, -0.1) is 0 Å². The highest BCUT2D eigenvalue weighted by atomic mass is 35.5. The number of carbonyl (C=O) groups is 1. The van der Waals surface area contributed by atoms with E-state index in [2.05, 4.69) is 9.84 Å². The van der Waals surface area contributed by atoms with Crippen molar-refractivity contribution < 1.29 is 23.1 Å². The molecule has 0 bridgehead atoms. The number of halogens is 1. The van der Waals surface area contributed by atoms with Crippen molar-refractivity contribution in [3.63, 3.8) is 0 Å². The number of nitrogens with zero attached hydrogens (tertiary/aromatic N) is 2. The van der Waals surface area contributed by atoms with Crippen LogP contribution in [0, 0.1) is 12.8 Å². The van der Waals surface area contributed by atoms with Crippen LogP contribution in [0.25, 0.3) is 0 Å². The molecule has 0 aliphatic carbocycles. The molecule has 0 radical (unpaired) electrons. The van der Waals surface area contributed by atoms with Gasteiger partial charge in [0.25, 0.3) is 0 Å². The third-order valence-corrected chi connectivity index (χ3v) is 5.08. The molecule has 7 nitrogen and oxygen atoms in total. The maximum Gasteiger partial charge on any atom is 0.312 e. The van der Waals surface area contributed by atoms with Crippen molar-refractivity contribution in [2.24, 2.45) is 13.0 Å². The summed E-state index contributed by atoms with van der Waals surface area (Å²) < 4.78 is 30.1. The lowest BCUT2D eigenvalue weighted by Crippen LogP contribution is -2.28. The van der Waals surface area contributed by atoms with Gasteiger partial charge in [-0.25, -0.2) is 8.42 Å². The van der Waals surface area contributed by atoms with Gasteiger partial charge in [-0.05, 0) is 6.92 Å². The van der Waals surface area contributed by atoms with Crippen molar-refractivity contribution in [1.82, 2.24) is 9.78 Å². The van der Waals surface area contributed by atoms with Crippen LogP contribution >= 0.6 is 11.6 Å². The van der Waals surface area contributed by atoms with E-state index in [1.807, 2.05) is 0 Å². The fraction of sp³-hybridized carbons (Fsp3) is 0.600. The van der Waals surface area contributed by atoms with Crippen molar-refractivity contribution in [2.45, 2.75) is 11.8 Å². The van der Waals surface area contributed by atoms with E-state index < -0.39 is 34.1 Å². The van der Waals surface area contributed by atoms with Gasteiger partial charge in [-0.2, -0.15) is 5.10 Å². The molecule has 0 fully saturated rings. The van der Waals surface area contributed by atoms with Gasteiger partial charge in [0.1, 0.15) is 10.0 Å². The summed E-state index contributed by atoms with van der Waals surface area (Å²) in [5, 5.41) is 12.9. The van der Waals surface area contributed by atoms with E-state index in [4.69, 9.17) is 16.7 Å². The lowest BCUT2D eigenvalue weighted by Gasteiger charge is -2.12. The number of aliphatic hydroxyl groups excluding tert-OH is 1. The molecule has 108 valence electrons. The predicted molar refractivity (Wildman–Crippen MR) is 67.6 cm³/mol. The zero-order valence-corrected chi connectivity index (χ0v) is 12.3. The minimum atomic E-state index is -3.84. The number of carbonyl (C=O) groups excluding carboxylic acids is 1. The van der Waals surface area contributed by atoms with Crippen LogP contribution in [0.5, 0.6) is 0 Å². The van der Waals surface area contributed by atoms with Gasteiger partial charge in [0.2, 0.25) is 0 Å². The molecule has 1 atom stereocenters. The number of hydrogen-bond donors (Lipinski definition) is 1. The normalized spacial score (nSPS) is 13.3. The molecule has 1 aromatic rings. The van der Waals surface area contributed by atoms with Crippen LogP contribution in [0.4, 0.5) is 0 Å². The first-order valence-corrected chi connectivity index (χ1v) is 7.38. The lowest BCUT2D eigenvalue weighted by molar-refractivity contribution is -0.145. The number of aryl methyl sites for hydroxylation is 2. The fourth-order valence-electron chi connectivity index (χ4n) is 1.67. The van der Waals surface area contributed by atoms with E-state index in [1.54, 1.807) is 0 Å². The third kappa shape index (κ3) is 3.26. The Morgan fingerprint density at radius 3 is 2.53 bits per heavy atom. The highest BCUT2D eigenvalue weighted by Gasteiger charge is 2.31. The first kappa shape index (κ1) is 15.9. The van der Waals surface area contributed by atoms with Crippen molar-refractivity contribution >= 4 is 27.4 Å². The van der Waals surface area contributed by atoms with Crippen molar-refractivity contribution in [2.75, 3.05) is 19.5 Å². The summed E-state index contributed by atoms with van der Waals surface area (Å²) in [4.78, 5) is 11.2. The summed E-state index contributed by atoms with van der Waals surface area (Å²) in [7, 11) is -1.21. The first-order valence-electron chi connectivity index (χ1n) is 5.35. The highest BCUT2D eigenvalue weighted by molar-refractivity contribution is 7.91. The van der Waals surface area contributed by atoms with Gasteiger partial charge < -0.3 is 9.84 Å². The zero-order valence-electron chi connectivity index (χ0n) is 10.8. The van der Waals surface area contributed by atoms with Crippen molar-refractivity contribution in [3.8, 4) is 0 Å². The standard InChI is InChI=1S/C10H15ClN2O5S/c1-6-8(9(11)13(2)12-6)19(16,17)5-7(4-14)10(15)18-3/h7,14H,4-5H2,1-3H3. The van der Waals surface area contributed by atoms with Gasteiger partial charge in [0, 0.05) is 7.05 Å². The maximum absolute atomic E-state index is 12.2. The zero-order chi connectivity index (χ0) is 14.8. The molecule has 0 aliphatic rings. The number of methoxy groups -OCH3 is 1. The number of sulfone groups is 1. The molecule has 1 aromatic heterocycles.